The number of hydrogen-bond donors (Lipinski definition) is 0. The summed E-state index contributed by atoms with van der Waals surface area (Å²) in [5.74, 6) is 0. The number of benzene rings is 2. The van der Waals surface area contributed by atoms with Gasteiger partial charge in [0.2, 0.25) is 0 Å². The van der Waals surface area contributed by atoms with Crippen LogP contribution in [-0.4, -0.2) is 0 Å². The van der Waals surface area contributed by atoms with Crippen molar-refractivity contribution in [1.82, 2.24) is 0 Å². The Morgan fingerprint density at radius 2 is 1.71 bits per heavy atom. The molecule has 0 atom stereocenters. The number of rotatable bonds is 1. The highest BCUT2D eigenvalue weighted by molar-refractivity contribution is 14.1. The Morgan fingerprint density at radius 1 is 0.929 bits per heavy atom. The van der Waals surface area contributed by atoms with Crippen molar-refractivity contribution >= 4 is 22.6 Å². The van der Waals surface area contributed by atoms with Gasteiger partial charge in [-0.05, 0) is 58.3 Å². The molecule has 0 aliphatic carbocycles. The van der Waals surface area contributed by atoms with Gasteiger partial charge in [-0.1, -0.05) is 36.4 Å². The minimum atomic E-state index is 1.28. The van der Waals surface area contributed by atoms with Crippen LogP contribution in [0.2, 0.25) is 0 Å². The molecule has 14 heavy (non-hydrogen) atoms. The van der Waals surface area contributed by atoms with Gasteiger partial charge in [-0.2, -0.15) is 0 Å². The van der Waals surface area contributed by atoms with Gasteiger partial charge >= 0.3 is 0 Å². The predicted octanol–water partition coefficient (Wildman–Crippen LogP) is 4.27. The van der Waals surface area contributed by atoms with E-state index in [-0.39, 0.29) is 0 Å². The lowest BCUT2D eigenvalue weighted by atomic mass is 10.0. The van der Waals surface area contributed by atoms with Crippen LogP contribution < -0.4 is 0 Å². The Kier molecular flexibility index (Phi) is 2.87. The molecular weight excluding hydrogens is 283 g/mol. The minimum absolute atomic E-state index is 1.28. The molecule has 0 fully saturated rings. The first-order valence-corrected chi connectivity index (χ1v) is 5.67. The Morgan fingerprint density at radius 3 is 2.43 bits per heavy atom. The Bertz CT molecular complexity index is 446. The molecule has 0 spiro atoms. The van der Waals surface area contributed by atoms with Crippen molar-refractivity contribution in [2.24, 2.45) is 0 Å². The quantitative estimate of drug-likeness (QED) is 0.689. The normalized spacial score (nSPS) is 10.1. The second-order valence-electron chi connectivity index (χ2n) is 3.33. The molecule has 0 radical (unpaired) electrons. The average Bonchev–Trinajstić information content (AvgIpc) is 2.18. The van der Waals surface area contributed by atoms with Gasteiger partial charge in [0.1, 0.15) is 0 Å². The van der Waals surface area contributed by atoms with Gasteiger partial charge in [0.15, 0.2) is 0 Å². The number of aryl methyl sites for hydroxylation is 1. The fourth-order valence-corrected chi connectivity index (χ4v) is 2.10. The third kappa shape index (κ3) is 1.98. The molecule has 70 valence electrons. The van der Waals surface area contributed by atoms with E-state index in [4.69, 9.17) is 0 Å². The van der Waals surface area contributed by atoms with Gasteiger partial charge in [-0.3, -0.25) is 0 Å². The van der Waals surface area contributed by atoms with Crippen molar-refractivity contribution in [3.05, 3.63) is 57.7 Å². The maximum Gasteiger partial charge on any atom is 0.0136 e. The zero-order chi connectivity index (χ0) is 9.97. The third-order valence-corrected chi connectivity index (χ3v) is 2.95. The van der Waals surface area contributed by atoms with Gasteiger partial charge in [-0.25, -0.2) is 0 Å². The van der Waals surface area contributed by atoms with E-state index in [1.54, 1.807) is 0 Å². The molecule has 0 aliphatic heterocycles. The van der Waals surface area contributed by atoms with E-state index >= 15 is 0 Å². The molecular formula is C13H11I. The molecule has 2 aromatic rings. The van der Waals surface area contributed by atoms with Crippen molar-refractivity contribution in [2.45, 2.75) is 6.92 Å². The van der Waals surface area contributed by atoms with Crippen LogP contribution in [0.5, 0.6) is 0 Å². The molecule has 0 heterocycles. The van der Waals surface area contributed by atoms with E-state index in [1.165, 1.54) is 20.3 Å². The fraction of sp³-hybridized carbons (Fsp3) is 0.0769. The minimum Gasteiger partial charge on any atom is -0.0620 e. The first-order chi connectivity index (χ1) is 6.77. The van der Waals surface area contributed by atoms with Crippen molar-refractivity contribution < 1.29 is 0 Å². The molecule has 2 aromatic carbocycles. The maximum atomic E-state index is 2.34. The number of hydrogen-bond acceptors (Lipinski definition) is 0. The monoisotopic (exact) mass is 294 g/mol. The number of halogens is 1. The Labute approximate surface area is 98.1 Å². The standard InChI is InChI=1S/C13H11I/c1-10-5-2-3-8-13(10)11-6-4-7-12(14)9-11/h2-9H,1H3. The van der Waals surface area contributed by atoms with Crippen molar-refractivity contribution in [1.29, 1.82) is 0 Å². The summed E-state index contributed by atoms with van der Waals surface area (Å²) in [4.78, 5) is 0. The third-order valence-electron chi connectivity index (χ3n) is 2.28. The average molecular weight is 294 g/mol. The van der Waals surface area contributed by atoms with E-state index in [0.717, 1.165) is 0 Å². The highest BCUT2D eigenvalue weighted by atomic mass is 127. The van der Waals surface area contributed by atoms with Crippen LogP contribution in [0.1, 0.15) is 5.56 Å². The van der Waals surface area contributed by atoms with Crippen LogP contribution in [0.15, 0.2) is 48.5 Å². The maximum absolute atomic E-state index is 2.34. The lowest BCUT2D eigenvalue weighted by Gasteiger charge is -2.05. The summed E-state index contributed by atoms with van der Waals surface area (Å²) in [6.07, 6.45) is 0. The SMILES string of the molecule is Cc1ccccc1-c1cccc(I)c1. The second kappa shape index (κ2) is 4.13. The lowest BCUT2D eigenvalue weighted by molar-refractivity contribution is 1.45. The summed E-state index contributed by atoms with van der Waals surface area (Å²) in [6.45, 7) is 2.15. The van der Waals surface area contributed by atoms with Crippen LogP contribution in [0.25, 0.3) is 11.1 Å². The van der Waals surface area contributed by atoms with Crippen molar-refractivity contribution in [2.75, 3.05) is 0 Å². The zero-order valence-electron chi connectivity index (χ0n) is 8.00. The highest BCUT2D eigenvalue weighted by Gasteiger charge is 2.00. The lowest BCUT2D eigenvalue weighted by Crippen LogP contribution is -1.82. The summed E-state index contributed by atoms with van der Waals surface area (Å²) < 4.78 is 1.28. The van der Waals surface area contributed by atoms with E-state index in [0.29, 0.717) is 0 Å². The van der Waals surface area contributed by atoms with Crippen molar-refractivity contribution in [3.63, 3.8) is 0 Å². The molecule has 0 unspecified atom stereocenters. The van der Waals surface area contributed by atoms with E-state index in [1.807, 2.05) is 0 Å². The van der Waals surface area contributed by atoms with Gasteiger partial charge in [-0.15, -0.1) is 0 Å². The molecule has 0 nitrogen and oxygen atoms in total. The summed E-state index contributed by atoms with van der Waals surface area (Å²) in [5.41, 5.74) is 3.95. The first-order valence-electron chi connectivity index (χ1n) is 4.59. The topological polar surface area (TPSA) is 0 Å². The summed E-state index contributed by atoms with van der Waals surface area (Å²) in [6, 6.07) is 17.1. The van der Waals surface area contributed by atoms with Gasteiger partial charge < -0.3 is 0 Å². The molecule has 0 amide bonds. The summed E-state index contributed by atoms with van der Waals surface area (Å²) in [5, 5.41) is 0. The van der Waals surface area contributed by atoms with Crippen LogP contribution >= 0.6 is 22.6 Å². The fourth-order valence-electron chi connectivity index (χ4n) is 1.55. The van der Waals surface area contributed by atoms with Gasteiger partial charge in [0.05, 0.1) is 0 Å². The van der Waals surface area contributed by atoms with Crippen LogP contribution in [0.4, 0.5) is 0 Å². The van der Waals surface area contributed by atoms with Crippen LogP contribution in [-0.2, 0) is 0 Å². The highest BCUT2D eigenvalue weighted by Crippen LogP contribution is 2.24. The van der Waals surface area contributed by atoms with Gasteiger partial charge in [0, 0.05) is 3.57 Å². The zero-order valence-corrected chi connectivity index (χ0v) is 10.2. The molecule has 2 rings (SSSR count). The Balaban J connectivity index is 2.55. The second-order valence-corrected chi connectivity index (χ2v) is 4.57. The molecule has 0 saturated heterocycles. The molecule has 0 aliphatic rings. The predicted molar refractivity (Wildman–Crippen MR) is 69.3 cm³/mol. The molecule has 0 aromatic heterocycles. The van der Waals surface area contributed by atoms with E-state index in [2.05, 4.69) is 78.0 Å². The molecule has 0 bridgehead atoms. The molecule has 1 heteroatoms. The van der Waals surface area contributed by atoms with E-state index in [9.17, 15) is 0 Å². The van der Waals surface area contributed by atoms with Crippen LogP contribution in [0.3, 0.4) is 0 Å². The Hall–Kier alpha value is -0.830. The van der Waals surface area contributed by atoms with Crippen LogP contribution in [0, 0.1) is 10.5 Å². The smallest absolute Gasteiger partial charge is 0.0136 e. The molecule has 0 N–H and O–H groups in total. The van der Waals surface area contributed by atoms with Crippen molar-refractivity contribution in [3.8, 4) is 11.1 Å². The largest absolute Gasteiger partial charge is 0.0620 e. The molecule has 0 saturated carbocycles. The van der Waals surface area contributed by atoms with E-state index < -0.39 is 0 Å². The summed E-state index contributed by atoms with van der Waals surface area (Å²) in [7, 11) is 0. The van der Waals surface area contributed by atoms with Gasteiger partial charge in [0.25, 0.3) is 0 Å². The summed E-state index contributed by atoms with van der Waals surface area (Å²) >= 11 is 2.34. The first kappa shape index (κ1) is 9.71.